The molecule has 0 spiro atoms. The summed E-state index contributed by atoms with van der Waals surface area (Å²) in [5.41, 5.74) is 5.60. The van der Waals surface area contributed by atoms with E-state index in [4.69, 9.17) is 9.90 Å². The first-order valence-electron chi connectivity index (χ1n) is 20.9. The minimum absolute atomic E-state index is 0.0340. The number of hydrogen-bond acceptors (Lipinski definition) is 5. The first kappa shape index (κ1) is 39.8. The number of carboxylic acid groups (broad SMARTS) is 1. The fourth-order valence-corrected chi connectivity index (χ4v) is 10.9. The number of nitrogens with one attached hydrogen (secondary N) is 2. The van der Waals surface area contributed by atoms with Crippen LogP contribution in [0.2, 0.25) is 0 Å². The molecule has 4 fully saturated rings. The number of fused-ring (bicyclic) bond motifs is 10. The van der Waals surface area contributed by atoms with Crippen molar-refractivity contribution >= 4 is 17.8 Å². The summed E-state index contributed by atoms with van der Waals surface area (Å²) in [6.07, 6.45) is 12.0. The first-order chi connectivity index (χ1) is 26.3. The van der Waals surface area contributed by atoms with Crippen molar-refractivity contribution in [1.29, 1.82) is 0 Å². The number of alkyl halides is 3. The number of hydrogen-bond donors (Lipinski definition) is 3. The van der Waals surface area contributed by atoms with E-state index in [0.717, 1.165) is 37.5 Å². The number of aliphatic carboxylic acids is 1. The van der Waals surface area contributed by atoms with E-state index < -0.39 is 17.6 Å². The molecular weight excluding hydrogens is 706 g/mol. The fraction of sp³-hybridized carbons (Fsp3) is 0.659. The molecule has 4 heterocycles. The molecule has 4 atom stereocenters. The molecule has 300 valence electrons. The minimum Gasteiger partial charge on any atom is -0.475 e. The lowest BCUT2D eigenvalue weighted by Crippen LogP contribution is -2.47. The zero-order valence-corrected chi connectivity index (χ0v) is 32.5. The van der Waals surface area contributed by atoms with Crippen molar-refractivity contribution in [2.45, 2.75) is 153 Å². The van der Waals surface area contributed by atoms with Crippen molar-refractivity contribution in [3.05, 3.63) is 70.8 Å². The monoisotopic (exact) mass is 764 g/mol. The minimum atomic E-state index is -5.08. The van der Waals surface area contributed by atoms with E-state index in [2.05, 4.69) is 69.0 Å². The van der Waals surface area contributed by atoms with Crippen LogP contribution in [0, 0.1) is 17.3 Å². The van der Waals surface area contributed by atoms with Crippen molar-refractivity contribution in [2.24, 2.45) is 17.3 Å². The molecule has 4 bridgehead atoms. The molecule has 4 aliphatic heterocycles. The van der Waals surface area contributed by atoms with Crippen LogP contribution in [0.3, 0.4) is 0 Å². The Kier molecular flexibility index (Phi) is 12.0. The predicted octanol–water partition coefficient (Wildman–Crippen LogP) is 8.95. The third kappa shape index (κ3) is 8.93. The molecule has 8 nitrogen and oxygen atoms in total. The molecule has 8 rings (SSSR count). The third-order valence-electron chi connectivity index (χ3n) is 13.9. The van der Waals surface area contributed by atoms with Gasteiger partial charge in [-0.15, -0.1) is 0 Å². The van der Waals surface area contributed by atoms with E-state index >= 15 is 0 Å². The molecule has 2 saturated carbocycles. The zero-order valence-electron chi connectivity index (χ0n) is 32.5. The van der Waals surface area contributed by atoms with Crippen LogP contribution >= 0.6 is 0 Å². The number of amides is 2. The highest BCUT2D eigenvalue weighted by Gasteiger charge is 2.45. The molecule has 2 aliphatic carbocycles. The van der Waals surface area contributed by atoms with Gasteiger partial charge >= 0.3 is 12.1 Å². The molecule has 0 unspecified atom stereocenters. The predicted molar refractivity (Wildman–Crippen MR) is 205 cm³/mol. The fourth-order valence-electron chi connectivity index (χ4n) is 10.9. The molecule has 0 aromatic heterocycles. The number of nitrogens with zero attached hydrogens (tertiary/aromatic N) is 2. The van der Waals surface area contributed by atoms with Gasteiger partial charge in [0.05, 0.1) is 5.41 Å². The van der Waals surface area contributed by atoms with Crippen LogP contribution in [0.5, 0.6) is 0 Å². The second-order valence-electron chi connectivity index (χ2n) is 17.9. The number of carboxylic acids is 1. The molecule has 2 saturated heterocycles. The average molecular weight is 765 g/mol. The van der Waals surface area contributed by atoms with Crippen LogP contribution in [-0.2, 0) is 14.4 Å². The molecule has 2 aromatic carbocycles. The van der Waals surface area contributed by atoms with Crippen molar-refractivity contribution < 1.29 is 32.7 Å². The van der Waals surface area contributed by atoms with Crippen molar-refractivity contribution in [1.82, 2.24) is 20.4 Å². The highest BCUT2D eigenvalue weighted by molar-refractivity contribution is 5.88. The average Bonchev–Trinajstić information content (AvgIpc) is 3.92. The lowest BCUT2D eigenvalue weighted by Gasteiger charge is -2.34. The van der Waals surface area contributed by atoms with Crippen molar-refractivity contribution in [3.8, 4) is 0 Å². The quantitative estimate of drug-likeness (QED) is 0.211. The Hall–Kier alpha value is -3.44. The summed E-state index contributed by atoms with van der Waals surface area (Å²) in [5, 5.41) is 13.8. The Morgan fingerprint density at radius 3 is 1.31 bits per heavy atom. The summed E-state index contributed by atoms with van der Waals surface area (Å²) in [6.45, 7) is 6.28. The van der Waals surface area contributed by atoms with Gasteiger partial charge in [-0.1, -0.05) is 62.4 Å². The maximum Gasteiger partial charge on any atom is 0.490 e. The lowest BCUT2D eigenvalue weighted by molar-refractivity contribution is -0.192. The van der Waals surface area contributed by atoms with Gasteiger partial charge in [-0.2, -0.15) is 13.2 Å². The van der Waals surface area contributed by atoms with E-state index in [1.54, 1.807) is 22.3 Å². The topological polar surface area (TPSA) is 102 Å². The molecule has 0 radical (unpaired) electrons. The summed E-state index contributed by atoms with van der Waals surface area (Å²) in [7, 11) is 0. The highest BCUT2D eigenvalue weighted by atomic mass is 19.4. The maximum atomic E-state index is 13.4. The van der Waals surface area contributed by atoms with Gasteiger partial charge in [-0.25, -0.2) is 4.79 Å². The summed E-state index contributed by atoms with van der Waals surface area (Å²) >= 11 is 0. The van der Waals surface area contributed by atoms with Crippen molar-refractivity contribution in [2.75, 3.05) is 13.1 Å². The normalized spacial score (nSPS) is 29.9. The molecular formula is C44H59F3N4O4. The number of benzene rings is 2. The molecule has 2 amide bonds. The number of carbonyl (C=O) groups excluding carboxylic acids is 2. The summed E-state index contributed by atoms with van der Waals surface area (Å²) in [5.74, 6) is -1.18. The Labute approximate surface area is 324 Å². The zero-order chi connectivity index (χ0) is 38.9. The second-order valence-corrected chi connectivity index (χ2v) is 17.9. The van der Waals surface area contributed by atoms with E-state index in [9.17, 15) is 22.8 Å². The molecule has 2 aromatic rings. The van der Waals surface area contributed by atoms with Gasteiger partial charge < -0.3 is 15.7 Å². The van der Waals surface area contributed by atoms with Gasteiger partial charge in [0.1, 0.15) is 0 Å². The van der Waals surface area contributed by atoms with Gasteiger partial charge in [0.2, 0.25) is 11.8 Å². The lowest BCUT2D eigenvalue weighted by atomic mass is 9.82. The molecule has 55 heavy (non-hydrogen) atoms. The maximum absolute atomic E-state index is 13.4. The number of carbonyl (C=O) groups is 3. The summed E-state index contributed by atoms with van der Waals surface area (Å²) < 4.78 is 31.7. The van der Waals surface area contributed by atoms with E-state index in [0.29, 0.717) is 24.2 Å². The van der Waals surface area contributed by atoms with Crippen LogP contribution in [0.1, 0.15) is 157 Å². The van der Waals surface area contributed by atoms with Crippen LogP contribution in [0.15, 0.2) is 48.5 Å². The Morgan fingerprint density at radius 1 is 0.618 bits per heavy atom. The second kappa shape index (κ2) is 16.6. The van der Waals surface area contributed by atoms with Gasteiger partial charge in [0, 0.05) is 42.7 Å². The van der Waals surface area contributed by atoms with Gasteiger partial charge in [0.15, 0.2) is 0 Å². The number of halogens is 3. The third-order valence-corrected chi connectivity index (χ3v) is 13.9. The van der Waals surface area contributed by atoms with E-state index in [1.807, 2.05) is 13.8 Å². The van der Waals surface area contributed by atoms with Crippen LogP contribution in [-0.4, -0.2) is 64.0 Å². The standard InChI is InChI=1S/C42H58N4O2.C2HF3O2/c1-42(2,41(48)44-31-17-13-29(14-18-31)24-26-46-38-21-22-39(46)35-10-6-5-9-34(35)38)27-40(47)43-30-15-11-28(12-16-30)23-25-45-36-19-20-37(45)33-8-4-3-7-32(33)36;3-2(4,5)1(6)7/h3-10,28-31,36-39H,11-27H2,1-2H3,(H,43,47)(H,44,48);(H,6,7)/t28-,29-,30-,31-,36-,37+,38-,39+;. The van der Waals surface area contributed by atoms with Crippen molar-refractivity contribution in [3.63, 3.8) is 0 Å². The van der Waals surface area contributed by atoms with E-state index in [1.165, 1.54) is 77.3 Å². The smallest absolute Gasteiger partial charge is 0.475 e. The first-order valence-corrected chi connectivity index (χ1v) is 20.9. The molecule has 6 aliphatic rings. The van der Waals surface area contributed by atoms with Crippen LogP contribution < -0.4 is 10.6 Å². The Bertz CT molecular complexity index is 1620. The number of rotatable bonds is 11. The van der Waals surface area contributed by atoms with Crippen LogP contribution in [0.25, 0.3) is 0 Å². The van der Waals surface area contributed by atoms with Gasteiger partial charge in [0.25, 0.3) is 0 Å². The van der Waals surface area contributed by atoms with Gasteiger partial charge in [-0.3, -0.25) is 19.4 Å². The molecule has 11 heteroatoms. The molecule has 3 N–H and O–H groups in total. The summed E-state index contributed by atoms with van der Waals surface area (Å²) in [6, 6.07) is 21.2. The SMILES string of the molecule is CC(C)(CC(=O)N[C@H]1CC[C@H](CCN2[C@@H]3CC[C@H]2c2ccccc23)CC1)C(=O)N[C@H]1CC[C@H](CCN2[C@@H]3CC[C@H]2c2ccccc23)CC1.O=C(O)C(F)(F)F. The summed E-state index contributed by atoms with van der Waals surface area (Å²) in [4.78, 5) is 41.0. The Morgan fingerprint density at radius 2 is 0.964 bits per heavy atom. The van der Waals surface area contributed by atoms with Crippen LogP contribution in [0.4, 0.5) is 13.2 Å². The largest absolute Gasteiger partial charge is 0.490 e. The van der Waals surface area contributed by atoms with Gasteiger partial charge in [-0.05, 0) is 137 Å². The Balaban J connectivity index is 0.000000609. The highest BCUT2D eigenvalue weighted by Crippen LogP contribution is 2.54. The van der Waals surface area contributed by atoms with E-state index in [-0.39, 0.29) is 30.3 Å².